The van der Waals surface area contributed by atoms with E-state index in [0.29, 0.717) is 18.1 Å². The minimum Gasteiger partial charge on any atom is -0.299 e. The topological polar surface area (TPSA) is 64.8 Å². The molecule has 1 rings (SSSR count). The second-order valence-electron chi connectivity index (χ2n) is 10.6. The third kappa shape index (κ3) is 10.9. The number of rotatable bonds is 7. The SMILES string of the molecule is CC(C)(C)C(=O)C(CCCCCl)n1cncn1.CC(C)(C)CC(=O)C(C)(C)C. The van der Waals surface area contributed by atoms with Crippen LogP contribution in [0.2, 0.25) is 0 Å². The summed E-state index contributed by atoms with van der Waals surface area (Å²) >= 11 is 5.66. The minimum atomic E-state index is -0.364. The number of unbranched alkanes of at least 4 members (excludes halogenated alkanes) is 1. The molecule has 0 saturated carbocycles. The standard InChI is InChI=1S/C12H20ClN3O.C10H20O/c1-12(2,3)11(17)10(6-4-5-7-13)16-9-14-8-15-16;1-9(2,3)7-8(11)10(4,5)6/h8-10H,4-7H2,1-3H3;7H2,1-6H3. The summed E-state index contributed by atoms with van der Waals surface area (Å²) in [5.74, 6) is 1.18. The summed E-state index contributed by atoms with van der Waals surface area (Å²) < 4.78 is 1.65. The van der Waals surface area contributed by atoms with Crippen LogP contribution in [0, 0.1) is 16.2 Å². The average molecular weight is 414 g/mol. The van der Waals surface area contributed by atoms with Crippen LogP contribution in [0.15, 0.2) is 12.7 Å². The summed E-state index contributed by atoms with van der Waals surface area (Å²) in [4.78, 5) is 27.7. The van der Waals surface area contributed by atoms with Crippen LogP contribution >= 0.6 is 11.6 Å². The molecular formula is C22H40ClN3O2. The number of alkyl halides is 1. The molecule has 1 heterocycles. The Balaban J connectivity index is 0.000000576. The van der Waals surface area contributed by atoms with E-state index in [2.05, 4.69) is 30.9 Å². The molecule has 0 bridgehead atoms. The molecule has 1 atom stereocenters. The molecule has 0 N–H and O–H groups in total. The first-order valence-corrected chi connectivity index (χ1v) is 10.6. The van der Waals surface area contributed by atoms with Crippen molar-refractivity contribution in [1.82, 2.24) is 14.8 Å². The third-order valence-corrected chi connectivity index (χ3v) is 4.45. The van der Waals surface area contributed by atoms with Crippen molar-refractivity contribution >= 4 is 23.2 Å². The van der Waals surface area contributed by atoms with Gasteiger partial charge in [-0.15, -0.1) is 11.6 Å². The minimum absolute atomic E-state index is 0.129. The smallest absolute Gasteiger partial charge is 0.162 e. The Morgan fingerprint density at radius 1 is 0.964 bits per heavy atom. The Morgan fingerprint density at radius 2 is 1.54 bits per heavy atom. The van der Waals surface area contributed by atoms with Gasteiger partial charge in [0.1, 0.15) is 24.5 Å². The van der Waals surface area contributed by atoms with Crippen molar-refractivity contribution in [2.45, 2.75) is 94.0 Å². The van der Waals surface area contributed by atoms with Gasteiger partial charge >= 0.3 is 0 Å². The number of aromatic nitrogens is 3. The highest BCUT2D eigenvalue weighted by Crippen LogP contribution is 2.27. The van der Waals surface area contributed by atoms with E-state index < -0.39 is 0 Å². The first kappa shape index (κ1) is 26.8. The molecule has 0 spiro atoms. The zero-order valence-electron chi connectivity index (χ0n) is 19.3. The monoisotopic (exact) mass is 413 g/mol. The predicted octanol–water partition coefficient (Wildman–Crippen LogP) is 5.88. The number of ketones is 2. The number of halogens is 1. The molecule has 0 aliphatic heterocycles. The highest BCUT2D eigenvalue weighted by molar-refractivity contribution is 6.17. The highest BCUT2D eigenvalue weighted by Gasteiger charge is 2.31. The van der Waals surface area contributed by atoms with E-state index in [-0.39, 0.29) is 28.1 Å². The number of Topliss-reactive ketones (excluding diaryl/α,β-unsaturated/α-hetero) is 2. The quantitative estimate of drug-likeness (QED) is 0.413. The van der Waals surface area contributed by atoms with Crippen molar-refractivity contribution in [3.05, 3.63) is 12.7 Å². The second kappa shape index (κ2) is 11.1. The summed E-state index contributed by atoms with van der Waals surface area (Å²) in [6.07, 6.45) is 6.36. The maximum absolute atomic E-state index is 12.3. The van der Waals surface area contributed by atoms with Crippen LogP contribution in [-0.4, -0.2) is 32.2 Å². The van der Waals surface area contributed by atoms with E-state index in [9.17, 15) is 9.59 Å². The van der Waals surface area contributed by atoms with Crippen molar-refractivity contribution in [3.8, 4) is 0 Å². The molecule has 162 valence electrons. The number of carbonyl (C=O) groups excluding carboxylic acids is 2. The van der Waals surface area contributed by atoms with Crippen LogP contribution in [0.25, 0.3) is 0 Å². The predicted molar refractivity (Wildman–Crippen MR) is 117 cm³/mol. The van der Waals surface area contributed by atoms with Crippen LogP contribution in [0.5, 0.6) is 0 Å². The van der Waals surface area contributed by atoms with Gasteiger partial charge in [0.2, 0.25) is 0 Å². The number of hydrogen-bond acceptors (Lipinski definition) is 4. The van der Waals surface area contributed by atoms with Crippen LogP contribution in [0.1, 0.15) is 94.0 Å². The van der Waals surface area contributed by atoms with Crippen LogP contribution in [0.4, 0.5) is 0 Å². The van der Waals surface area contributed by atoms with Crippen molar-refractivity contribution in [2.24, 2.45) is 16.2 Å². The Bertz CT molecular complexity index is 591. The lowest BCUT2D eigenvalue weighted by Crippen LogP contribution is -2.31. The average Bonchev–Trinajstić information content (AvgIpc) is 3.02. The third-order valence-electron chi connectivity index (χ3n) is 4.19. The zero-order chi connectivity index (χ0) is 22.2. The van der Waals surface area contributed by atoms with Crippen LogP contribution < -0.4 is 0 Å². The highest BCUT2D eigenvalue weighted by atomic mass is 35.5. The van der Waals surface area contributed by atoms with Gasteiger partial charge in [-0.1, -0.05) is 62.3 Å². The maximum atomic E-state index is 12.3. The second-order valence-corrected chi connectivity index (χ2v) is 11.0. The van der Waals surface area contributed by atoms with Gasteiger partial charge in [0, 0.05) is 23.1 Å². The summed E-state index contributed by atoms with van der Waals surface area (Å²) in [6.45, 7) is 18.0. The van der Waals surface area contributed by atoms with Gasteiger partial charge in [0.15, 0.2) is 5.78 Å². The van der Waals surface area contributed by atoms with Crippen LogP contribution in [-0.2, 0) is 9.59 Å². The molecule has 0 aliphatic rings. The molecule has 0 aromatic carbocycles. The fourth-order valence-electron chi connectivity index (χ4n) is 2.44. The molecule has 0 fully saturated rings. The van der Waals surface area contributed by atoms with E-state index in [1.165, 1.54) is 6.33 Å². The van der Waals surface area contributed by atoms with E-state index in [1.807, 2.05) is 41.5 Å². The van der Waals surface area contributed by atoms with Crippen molar-refractivity contribution in [3.63, 3.8) is 0 Å². The number of hydrogen-bond donors (Lipinski definition) is 0. The lowest BCUT2D eigenvalue weighted by atomic mass is 9.80. The Labute approximate surface area is 176 Å². The maximum Gasteiger partial charge on any atom is 0.162 e. The van der Waals surface area contributed by atoms with Gasteiger partial charge in [-0.25, -0.2) is 9.67 Å². The molecular weight excluding hydrogens is 374 g/mol. The Kier molecular flexibility index (Phi) is 10.6. The first-order valence-electron chi connectivity index (χ1n) is 10.1. The van der Waals surface area contributed by atoms with Gasteiger partial charge < -0.3 is 0 Å². The molecule has 0 amide bonds. The molecule has 0 radical (unpaired) electrons. The molecule has 0 saturated heterocycles. The summed E-state index contributed by atoms with van der Waals surface area (Å²) in [5.41, 5.74) is -0.408. The number of carbonyl (C=O) groups is 2. The summed E-state index contributed by atoms with van der Waals surface area (Å²) in [6, 6.07) is -0.222. The fourth-order valence-corrected chi connectivity index (χ4v) is 2.63. The van der Waals surface area contributed by atoms with Crippen molar-refractivity contribution in [1.29, 1.82) is 0 Å². The molecule has 1 aromatic rings. The molecule has 6 heteroatoms. The lowest BCUT2D eigenvalue weighted by Gasteiger charge is -2.24. The van der Waals surface area contributed by atoms with Gasteiger partial charge in [0.05, 0.1) is 0 Å². The van der Waals surface area contributed by atoms with Crippen molar-refractivity contribution < 1.29 is 9.59 Å². The first-order chi connectivity index (χ1) is 12.6. The Morgan fingerprint density at radius 3 is 1.86 bits per heavy atom. The Hall–Kier alpha value is -1.23. The molecule has 28 heavy (non-hydrogen) atoms. The lowest BCUT2D eigenvalue weighted by molar-refractivity contribution is -0.130. The van der Waals surface area contributed by atoms with Crippen molar-refractivity contribution in [2.75, 3.05) is 5.88 Å². The molecule has 0 aliphatic carbocycles. The van der Waals surface area contributed by atoms with Gasteiger partial charge in [0.25, 0.3) is 0 Å². The zero-order valence-corrected chi connectivity index (χ0v) is 20.1. The normalized spacial score (nSPS) is 13.5. The van der Waals surface area contributed by atoms with Gasteiger partial charge in [-0.3, -0.25) is 9.59 Å². The molecule has 5 nitrogen and oxygen atoms in total. The fraction of sp³-hybridized carbons (Fsp3) is 0.818. The molecule has 1 unspecified atom stereocenters. The number of nitrogens with zero attached hydrogens (tertiary/aromatic N) is 3. The van der Waals surface area contributed by atoms with E-state index in [0.717, 1.165) is 19.3 Å². The van der Waals surface area contributed by atoms with Crippen LogP contribution in [0.3, 0.4) is 0 Å². The van der Waals surface area contributed by atoms with Gasteiger partial charge in [-0.2, -0.15) is 5.10 Å². The van der Waals surface area contributed by atoms with E-state index >= 15 is 0 Å². The van der Waals surface area contributed by atoms with E-state index in [1.54, 1.807) is 11.0 Å². The molecule has 1 aromatic heterocycles. The van der Waals surface area contributed by atoms with Gasteiger partial charge in [-0.05, 0) is 24.7 Å². The summed E-state index contributed by atoms with van der Waals surface area (Å²) in [7, 11) is 0. The van der Waals surface area contributed by atoms with E-state index in [4.69, 9.17) is 11.6 Å². The summed E-state index contributed by atoms with van der Waals surface area (Å²) in [5, 5.41) is 4.08. The largest absolute Gasteiger partial charge is 0.299 e.